The van der Waals surface area contributed by atoms with E-state index in [1.165, 1.54) is 44.8 Å². The van der Waals surface area contributed by atoms with Crippen molar-refractivity contribution in [2.75, 3.05) is 19.5 Å². The van der Waals surface area contributed by atoms with Crippen LogP contribution in [0.2, 0.25) is 0 Å². The Morgan fingerprint density at radius 2 is 2.05 bits per heavy atom. The number of methoxy groups -OCH3 is 2. The third-order valence-electron chi connectivity index (χ3n) is 2.47. The molecule has 6 nitrogen and oxygen atoms in total. The molecular weight excluding hydrogens is 265 g/mol. The van der Waals surface area contributed by atoms with Crippen LogP contribution in [0.1, 0.15) is 10.5 Å². The van der Waals surface area contributed by atoms with Crippen molar-refractivity contribution in [3.05, 3.63) is 42.1 Å². The summed E-state index contributed by atoms with van der Waals surface area (Å²) in [5.74, 6) is -0.488. The molecule has 20 heavy (non-hydrogen) atoms. The molecule has 0 aliphatic carbocycles. The van der Waals surface area contributed by atoms with Crippen LogP contribution in [-0.4, -0.2) is 30.2 Å². The topological polar surface area (TPSA) is 73.3 Å². The van der Waals surface area contributed by atoms with Gasteiger partial charge in [0, 0.05) is 11.8 Å². The van der Waals surface area contributed by atoms with Gasteiger partial charge in [-0.1, -0.05) is 0 Å². The molecule has 0 unspecified atom stereocenters. The highest BCUT2D eigenvalue weighted by Gasteiger charge is 2.08. The van der Waals surface area contributed by atoms with E-state index in [2.05, 4.69) is 20.0 Å². The Morgan fingerprint density at radius 1 is 1.25 bits per heavy atom. The Kier molecular flexibility index (Phi) is 4.09. The van der Waals surface area contributed by atoms with Crippen molar-refractivity contribution in [3.8, 4) is 5.75 Å². The van der Waals surface area contributed by atoms with Crippen molar-refractivity contribution >= 4 is 17.5 Å². The van der Waals surface area contributed by atoms with Gasteiger partial charge in [0.25, 0.3) is 0 Å². The number of nitrogens with one attached hydrogen (secondary N) is 1. The number of nitrogens with zero attached hydrogens (tertiary/aromatic N) is 2. The highest BCUT2D eigenvalue weighted by atomic mass is 19.1. The van der Waals surface area contributed by atoms with Gasteiger partial charge >= 0.3 is 5.97 Å². The molecule has 0 atom stereocenters. The van der Waals surface area contributed by atoms with E-state index >= 15 is 0 Å². The summed E-state index contributed by atoms with van der Waals surface area (Å²) in [7, 11) is 2.65. The lowest BCUT2D eigenvalue weighted by Gasteiger charge is -2.08. The Morgan fingerprint density at radius 3 is 2.65 bits per heavy atom. The number of esters is 1. The lowest BCUT2D eigenvalue weighted by atomic mass is 10.3. The SMILES string of the molecule is COC(=O)c1cnc(Nc2ccc(F)c(OC)c2)cn1. The van der Waals surface area contributed by atoms with Gasteiger partial charge in [0.05, 0.1) is 26.6 Å². The summed E-state index contributed by atoms with van der Waals surface area (Å²) >= 11 is 0. The molecule has 2 rings (SSSR count). The summed E-state index contributed by atoms with van der Waals surface area (Å²) in [6, 6.07) is 4.30. The van der Waals surface area contributed by atoms with Gasteiger partial charge < -0.3 is 14.8 Å². The van der Waals surface area contributed by atoms with Crippen LogP contribution in [0.5, 0.6) is 5.75 Å². The van der Waals surface area contributed by atoms with E-state index in [1.807, 2.05) is 0 Å². The second-order valence-electron chi connectivity index (χ2n) is 3.75. The molecule has 1 heterocycles. The standard InChI is InChI=1S/C13H12FN3O3/c1-19-11-5-8(3-4-9(11)14)17-12-7-15-10(6-16-12)13(18)20-2/h3-7H,1-2H3,(H,16,17). The zero-order valence-corrected chi connectivity index (χ0v) is 10.9. The first-order valence-corrected chi connectivity index (χ1v) is 5.65. The number of benzene rings is 1. The number of ether oxygens (including phenoxy) is 2. The number of carbonyl (C=O) groups is 1. The fourth-order valence-electron chi connectivity index (χ4n) is 1.49. The third-order valence-corrected chi connectivity index (χ3v) is 2.47. The molecule has 0 aliphatic rings. The summed E-state index contributed by atoms with van der Waals surface area (Å²) in [6.45, 7) is 0. The summed E-state index contributed by atoms with van der Waals surface area (Å²) < 4.78 is 22.7. The maximum absolute atomic E-state index is 13.3. The molecule has 0 saturated carbocycles. The second-order valence-corrected chi connectivity index (χ2v) is 3.75. The summed E-state index contributed by atoms with van der Waals surface area (Å²) in [4.78, 5) is 19.1. The predicted octanol–water partition coefficient (Wildman–Crippen LogP) is 2.15. The van der Waals surface area contributed by atoms with Gasteiger partial charge in [0.2, 0.25) is 0 Å². The van der Waals surface area contributed by atoms with Crippen molar-refractivity contribution in [1.82, 2.24) is 9.97 Å². The number of carbonyl (C=O) groups excluding carboxylic acids is 1. The second kappa shape index (κ2) is 5.96. The van der Waals surface area contributed by atoms with Crippen molar-refractivity contribution < 1.29 is 18.7 Å². The first-order chi connectivity index (χ1) is 9.63. The molecule has 7 heteroatoms. The molecule has 0 bridgehead atoms. The smallest absolute Gasteiger partial charge is 0.358 e. The van der Waals surface area contributed by atoms with Crippen LogP contribution in [0.4, 0.5) is 15.9 Å². The molecule has 0 saturated heterocycles. The van der Waals surface area contributed by atoms with E-state index in [0.29, 0.717) is 11.5 Å². The number of aromatic nitrogens is 2. The van der Waals surface area contributed by atoms with E-state index in [1.54, 1.807) is 0 Å². The molecule has 0 amide bonds. The molecule has 0 fully saturated rings. The Hall–Kier alpha value is -2.70. The maximum atomic E-state index is 13.3. The van der Waals surface area contributed by atoms with E-state index in [9.17, 15) is 9.18 Å². The van der Waals surface area contributed by atoms with Crippen molar-refractivity contribution in [1.29, 1.82) is 0 Å². The van der Waals surface area contributed by atoms with Crippen LogP contribution in [0, 0.1) is 5.82 Å². The minimum Gasteiger partial charge on any atom is -0.494 e. The third kappa shape index (κ3) is 3.00. The fourth-order valence-corrected chi connectivity index (χ4v) is 1.49. The first-order valence-electron chi connectivity index (χ1n) is 5.65. The molecule has 0 radical (unpaired) electrons. The summed E-state index contributed by atoms with van der Waals surface area (Å²) in [5, 5.41) is 2.92. The molecule has 2 aromatic rings. The Bertz CT molecular complexity index is 617. The van der Waals surface area contributed by atoms with E-state index in [-0.39, 0.29) is 11.4 Å². The zero-order chi connectivity index (χ0) is 14.5. The van der Waals surface area contributed by atoms with Crippen LogP contribution in [0.15, 0.2) is 30.6 Å². The molecular formula is C13H12FN3O3. The van der Waals surface area contributed by atoms with Crippen LogP contribution < -0.4 is 10.1 Å². The average molecular weight is 277 g/mol. The lowest BCUT2D eigenvalue weighted by molar-refractivity contribution is 0.0593. The van der Waals surface area contributed by atoms with Crippen LogP contribution >= 0.6 is 0 Å². The normalized spacial score (nSPS) is 9.95. The predicted molar refractivity (Wildman–Crippen MR) is 69.6 cm³/mol. The molecule has 1 N–H and O–H groups in total. The molecule has 1 aromatic heterocycles. The van der Waals surface area contributed by atoms with Crippen LogP contribution in [0.3, 0.4) is 0 Å². The maximum Gasteiger partial charge on any atom is 0.358 e. The van der Waals surface area contributed by atoms with Gasteiger partial charge in [-0.05, 0) is 12.1 Å². The summed E-state index contributed by atoms with van der Waals surface area (Å²) in [6.07, 6.45) is 2.66. The van der Waals surface area contributed by atoms with Gasteiger partial charge in [-0.2, -0.15) is 0 Å². The van der Waals surface area contributed by atoms with Crippen LogP contribution in [-0.2, 0) is 4.74 Å². The quantitative estimate of drug-likeness (QED) is 0.863. The summed E-state index contributed by atoms with van der Waals surface area (Å²) in [5.41, 5.74) is 0.693. The number of anilines is 2. The van der Waals surface area contributed by atoms with E-state index in [0.717, 1.165) is 0 Å². The van der Waals surface area contributed by atoms with Crippen LogP contribution in [0.25, 0.3) is 0 Å². The van der Waals surface area contributed by atoms with Crippen molar-refractivity contribution in [3.63, 3.8) is 0 Å². The highest BCUT2D eigenvalue weighted by molar-refractivity contribution is 5.86. The van der Waals surface area contributed by atoms with Crippen molar-refractivity contribution in [2.45, 2.75) is 0 Å². The van der Waals surface area contributed by atoms with Gasteiger partial charge in [0.15, 0.2) is 17.3 Å². The largest absolute Gasteiger partial charge is 0.494 e. The van der Waals surface area contributed by atoms with Gasteiger partial charge in [-0.25, -0.2) is 19.2 Å². The average Bonchev–Trinajstić information content (AvgIpc) is 2.49. The molecule has 1 aromatic carbocycles. The fraction of sp³-hybridized carbons (Fsp3) is 0.154. The Labute approximate surface area is 114 Å². The molecule has 0 spiro atoms. The van der Waals surface area contributed by atoms with Gasteiger partial charge in [-0.15, -0.1) is 0 Å². The zero-order valence-electron chi connectivity index (χ0n) is 10.9. The van der Waals surface area contributed by atoms with Gasteiger partial charge in [0.1, 0.15) is 5.82 Å². The lowest BCUT2D eigenvalue weighted by Crippen LogP contribution is -2.05. The Balaban J connectivity index is 2.16. The number of rotatable bonds is 4. The first kappa shape index (κ1) is 13.7. The molecule has 104 valence electrons. The van der Waals surface area contributed by atoms with Gasteiger partial charge in [-0.3, -0.25) is 0 Å². The monoisotopic (exact) mass is 277 g/mol. The highest BCUT2D eigenvalue weighted by Crippen LogP contribution is 2.23. The molecule has 0 aliphatic heterocycles. The minimum atomic E-state index is -0.562. The van der Waals surface area contributed by atoms with E-state index in [4.69, 9.17) is 4.74 Å². The van der Waals surface area contributed by atoms with E-state index < -0.39 is 11.8 Å². The number of hydrogen-bond donors (Lipinski definition) is 1. The minimum absolute atomic E-state index is 0.106. The number of halogens is 1. The van der Waals surface area contributed by atoms with Crippen molar-refractivity contribution in [2.24, 2.45) is 0 Å². The number of hydrogen-bond acceptors (Lipinski definition) is 6.